The molecule has 0 saturated heterocycles. The molecule has 0 unspecified atom stereocenters. The summed E-state index contributed by atoms with van der Waals surface area (Å²) in [6.07, 6.45) is 0. The summed E-state index contributed by atoms with van der Waals surface area (Å²) in [4.78, 5) is 0. The van der Waals surface area contributed by atoms with E-state index in [1.165, 1.54) is 0 Å². The molecule has 0 heterocycles. The summed E-state index contributed by atoms with van der Waals surface area (Å²) >= 11 is 0.300. The van der Waals surface area contributed by atoms with E-state index in [9.17, 15) is 0 Å². The Morgan fingerprint density at radius 3 is 1.25 bits per heavy atom. The molecule has 0 aromatic rings. The summed E-state index contributed by atoms with van der Waals surface area (Å²) in [5, 5.41) is 0. The SMILES string of the molecule is [GaH3].[Ir].[O]=[Sn]. The minimum absolute atomic E-state index is 0. The molecule has 3 radical (unpaired) electrons. The second-order valence-electron chi connectivity index (χ2n) is 0. The van der Waals surface area contributed by atoms with Gasteiger partial charge in [0.1, 0.15) is 0 Å². The van der Waals surface area contributed by atoms with Crippen molar-refractivity contribution in [2.45, 2.75) is 0 Å². The van der Waals surface area contributed by atoms with Gasteiger partial charge >= 0.3 is 45.4 Å². The van der Waals surface area contributed by atoms with Crippen LogP contribution in [0.5, 0.6) is 0 Å². The normalized spacial score (nSPS) is 1.00. The molecule has 0 aliphatic heterocycles. The molecule has 0 rings (SSSR count). The van der Waals surface area contributed by atoms with Crippen molar-refractivity contribution in [2.75, 3.05) is 0 Å². The molecule has 1 nitrogen and oxygen atoms in total. The van der Waals surface area contributed by atoms with Crippen LogP contribution in [0, 0.1) is 0 Å². The van der Waals surface area contributed by atoms with Gasteiger partial charge in [0.15, 0.2) is 0 Å². The fraction of sp³-hybridized carbons (Fsp3) is 0. The summed E-state index contributed by atoms with van der Waals surface area (Å²) in [7, 11) is 0. The molecule has 0 amide bonds. The average molecular weight is 400 g/mol. The zero-order valence-electron chi connectivity index (χ0n) is 1.24. The van der Waals surface area contributed by atoms with Crippen molar-refractivity contribution >= 4 is 42.3 Å². The Hall–Kier alpha value is 1.88. The predicted molar refractivity (Wildman–Crippen MR) is 16.4 cm³/mol. The fourth-order valence-corrected chi connectivity index (χ4v) is 0. The maximum absolute atomic E-state index is 8.34. The Morgan fingerprint density at radius 1 is 1.25 bits per heavy atom. The van der Waals surface area contributed by atoms with Gasteiger partial charge < -0.3 is 0 Å². The standard InChI is InChI=1S/Ga.Ir.O.Sn.3H. The van der Waals surface area contributed by atoms with Crippen molar-refractivity contribution in [3.05, 3.63) is 0 Å². The van der Waals surface area contributed by atoms with Crippen LogP contribution >= 0.6 is 0 Å². The van der Waals surface area contributed by atoms with E-state index in [1.54, 1.807) is 0 Å². The van der Waals surface area contributed by atoms with E-state index in [4.69, 9.17) is 3.08 Å². The number of hydrogen-bond acceptors (Lipinski definition) is 1. The molecule has 0 aromatic heterocycles. The number of rotatable bonds is 0. The molecular formula is H3GaIrOSn. The molecule has 0 aliphatic rings. The molecule has 4 heteroatoms. The Kier molecular flexibility index (Phi) is 87.6. The third-order valence-electron chi connectivity index (χ3n) is 0. The van der Waals surface area contributed by atoms with Gasteiger partial charge in [-0.2, -0.15) is 0 Å². The van der Waals surface area contributed by atoms with Crippen LogP contribution < -0.4 is 0 Å². The molecule has 0 bridgehead atoms. The van der Waals surface area contributed by atoms with E-state index >= 15 is 0 Å². The van der Waals surface area contributed by atoms with Crippen molar-refractivity contribution in [1.82, 2.24) is 0 Å². The quantitative estimate of drug-likeness (QED) is 0.445. The van der Waals surface area contributed by atoms with Gasteiger partial charge in [0.25, 0.3) is 0 Å². The summed E-state index contributed by atoms with van der Waals surface area (Å²) in [5.74, 6) is 0. The van der Waals surface area contributed by atoms with E-state index in [2.05, 4.69) is 0 Å². The second kappa shape index (κ2) is 20.8. The van der Waals surface area contributed by atoms with E-state index in [1.807, 2.05) is 0 Å². The molecule has 0 atom stereocenters. The van der Waals surface area contributed by atoms with Crippen molar-refractivity contribution in [3.8, 4) is 0 Å². The Labute approximate surface area is 64.8 Å². The first-order chi connectivity index (χ1) is 1.00. The monoisotopic (exact) mass is 401 g/mol. The van der Waals surface area contributed by atoms with Gasteiger partial charge in [-0.05, 0) is 0 Å². The Bertz CT molecular complexity index is 8.00. The third kappa shape index (κ3) is 9.10. The van der Waals surface area contributed by atoms with Crippen LogP contribution in [0.4, 0.5) is 0 Å². The van der Waals surface area contributed by atoms with Crippen molar-refractivity contribution < 1.29 is 23.2 Å². The molecule has 0 spiro atoms. The molecule has 4 heavy (non-hydrogen) atoms. The summed E-state index contributed by atoms with van der Waals surface area (Å²) in [5.41, 5.74) is 0. The van der Waals surface area contributed by atoms with Crippen molar-refractivity contribution in [2.24, 2.45) is 0 Å². The van der Waals surface area contributed by atoms with Gasteiger partial charge in [-0.1, -0.05) is 0 Å². The van der Waals surface area contributed by atoms with Gasteiger partial charge in [0, 0.05) is 20.1 Å². The summed E-state index contributed by atoms with van der Waals surface area (Å²) in [6, 6.07) is 0. The Balaban J connectivity index is -0.00000000500. The van der Waals surface area contributed by atoms with Crippen LogP contribution in [-0.2, 0) is 23.2 Å². The molecule has 0 aromatic carbocycles. The summed E-state index contributed by atoms with van der Waals surface area (Å²) < 4.78 is 8.34. The molecule has 0 saturated carbocycles. The molecule has 0 aliphatic carbocycles. The topological polar surface area (TPSA) is 17.1 Å². The summed E-state index contributed by atoms with van der Waals surface area (Å²) in [6.45, 7) is 0. The average Bonchev–Trinajstić information content (AvgIpc) is 1.00. The van der Waals surface area contributed by atoms with E-state index < -0.39 is 0 Å². The molecule has 0 fully saturated rings. The van der Waals surface area contributed by atoms with Crippen LogP contribution in [0.25, 0.3) is 0 Å². The first kappa shape index (κ1) is 16.9. The zero-order valence-corrected chi connectivity index (χ0v) is 6.49. The van der Waals surface area contributed by atoms with Crippen molar-refractivity contribution in [3.63, 3.8) is 0 Å². The maximum atomic E-state index is 8.34. The van der Waals surface area contributed by atoms with E-state index in [-0.39, 0.29) is 39.9 Å². The van der Waals surface area contributed by atoms with Crippen LogP contribution in [0.2, 0.25) is 0 Å². The van der Waals surface area contributed by atoms with Crippen LogP contribution in [0.15, 0.2) is 0 Å². The van der Waals surface area contributed by atoms with Crippen LogP contribution in [-0.4, -0.2) is 42.3 Å². The van der Waals surface area contributed by atoms with Crippen molar-refractivity contribution in [1.29, 1.82) is 0 Å². The predicted octanol–water partition coefficient (Wildman–Crippen LogP) is -1.69. The first-order valence-corrected chi connectivity index (χ1v) is 1.37. The van der Waals surface area contributed by atoms with Gasteiger partial charge in [0.2, 0.25) is 0 Å². The number of hydrogen-bond donors (Lipinski definition) is 0. The van der Waals surface area contributed by atoms with Gasteiger partial charge in [-0.25, -0.2) is 0 Å². The minimum atomic E-state index is 0. The van der Waals surface area contributed by atoms with Gasteiger partial charge in [-0.15, -0.1) is 0 Å². The second-order valence-corrected chi connectivity index (χ2v) is 0. The molecule has 25 valence electrons. The Morgan fingerprint density at radius 2 is 1.25 bits per heavy atom. The first-order valence-electron chi connectivity index (χ1n) is 0.204. The zero-order chi connectivity index (χ0) is 2.00. The molecular weight excluding hydrogens is 397 g/mol. The van der Waals surface area contributed by atoms with Gasteiger partial charge in [0.05, 0.1) is 0 Å². The van der Waals surface area contributed by atoms with Gasteiger partial charge in [-0.3, -0.25) is 0 Å². The van der Waals surface area contributed by atoms with E-state index in [0.717, 1.165) is 0 Å². The van der Waals surface area contributed by atoms with Crippen LogP contribution in [0.1, 0.15) is 0 Å². The third-order valence-corrected chi connectivity index (χ3v) is 0. The molecule has 0 N–H and O–H groups in total. The van der Waals surface area contributed by atoms with E-state index in [0.29, 0.717) is 22.5 Å². The van der Waals surface area contributed by atoms with Crippen LogP contribution in [0.3, 0.4) is 0 Å². The fourth-order valence-electron chi connectivity index (χ4n) is 0.